The molecule has 1 aliphatic rings. The molecular weight excluding hydrogens is 386 g/mol. The minimum absolute atomic E-state index is 0.112. The number of carbonyl (C=O) groups excluding carboxylic acids is 3. The number of halogens is 4. The molecule has 0 fully saturated rings. The zero-order valence-corrected chi connectivity index (χ0v) is 15.4. The van der Waals surface area contributed by atoms with Crippen LogP contribution in [0.15, 0.2) is 0 Å². The SMILES string of the molecule is CC(C)(C)NC(=O)CN1C(=O)c2c(Cl)c(Cl)c(Cl)c(Cl)c2C1=O. The Bertz CT molecular complexity index is 694. The van der Waals surface area contributed by atoms with Crippen molar-refractivity contribution in [1.29, 1.82) is 0 Å². The fourth-order valence-corrected chi connectivity index (χ4v) is 3.15. The molecule has 1 aromatic carbocycles. The first-order valence-corrected chi connectivity index (χ1v) is 8.00. The molecule has 124 valence electrons. The molecule has 3 amide bonds. The summed E-state index contributed by atoms with van der Waals surface area (Å²) in [5.74, 6) is -1.96. The van der Waals surface area contributed by atoms with Gasteiger partial charge >= 0.3 is 0 Å². The van der Waals surface area contributed by atoms with Crippen LogP contribution >= 0.6 is 46.4 Å². The summed E-state index contributed by atoms with van der Waals surface area (Å²) in [6.07, 6.45) is 0. The second kappa shape index (κ2) is 6.13. The number of rotatable bonds is 2. The smallest absolute Gasteiger partial charge is 0.263 e. The van der Waals surface area contributed by atoms with E-state index < -0.39 is 29.8 Å². The summed E-state index contributed by atoms with van der Waals surface area (Å²) in [6.45, 7) is 4.88. The van der Waals surface area contributed by atoms with Crippen molar-refractivity contribution in [3.05, 3.63) is 31.2 Å². The number of fused-ring (bicyclic) bond motifs is 1. The molecule has 0 saturated carbocycles. The summed E-state index contributed by atoms with van der Waals surface area (Å²) in [7, 11) is 0. The van der Waals surface area contributed by atoms with Gasteiger partial charge in [0, 0.05) is 5.54 Å². The first kappa shape index (κ1) is 18.3. The van der Waals surface area contributed by atoms with Crippen molar-refractivity contribution in [3.63, 3.8) is 0 Å². The van der Waals surface area contributed by atoms with Crippen molar-refractivity contribution < 1.29 is 14.4 Å². The fraction of sp³-hybridized carbons (Fsp3) is 0.357. The summed E-state index contributed by atoms with van der Waals surface area (Å²) in [4.78, 5) is 37.6. The van der Waals surface area contributed by atoms with E-state index in [-0.39, 0.29) is 31.2 Å². The zero-order chi connectivity index (χ0) is 17.7. The largest absolute Gasteiger partial charge is 0.350 e. The lowest BCUT2D eigenvalue weighted by atomic mass is 10.1. The number of hydrogen-bond donors (Lipinski definition) is 1. The number of nitrogens with zero attached hydrogens (tertiary/aromatic N) is 1. The fourth-order valence-electron chi connectivity index (χ4n) is 2.14. The average molecular weight is 398 g/mol. The lowest BCUT2D eigenvalue weighted by Crippen LogP contribution is -2.47. The second-order valence-electron chi connectivity index (χ2n) is 6.00. The van der Waals surface area contributed by atoms with Gasteiger partial charge in [-0.15, -0.1) is 0 Å². The molecule has 0 aliphatic carbocycles. The Kier molecular flexibility index (Phi) is 4.89. The minimum Gasteiger partial charge on any atom is -0.350 e. The van der Waals surface area contributed by atoms with Crippen molar-refractivity contribution >= 4 is 64.1 Å². The topological polar surface area (TPSA) is 66.5 Å². The van der Waals surface area contributed by atoms with Crippen molar-refractivity contribution in [2.24, 2.45) is 0 Å². The maximum atomic E-state index is 12.4. The monoisotopic (exact) mass is 396 g/mol. The third-order valence-corrected chi connectivity index (χ3v) is 4.80. The first-order chi connectivity index (χ1) is 10.5. The maximum Gasteiger partial charge on any atom is 0.263 e. The molecule has 1 aromatic rings. The van der Waals surface area contributed by atoms with Gasteiger partial charge in [0.25, 0.3) is 11.8 Å². The summed E-state index contributed by atoms with van der Waals surface area (Å²) >= 11 is 23.8. The van der Waals surface area contributed by atoms with Gasteiger partial charge in [-0.05, 0) is 20.8 Å². The van der Waals surface area contributed by atoms with Crippen molar-refractivity contribution in [2.45, 2.75) is 26.3 Å². The van der Waals surface area contributed by atoms with Gasteiger partial charge in [-0.25, -0.2) is 0 Å². The average Bonchev–Trinajstić information content (AvgIpc) is 2.65. The zero-order valence-electron chi connectivity index (χ0n) is 12.4. The minimum atomic E-state index is -0.737. The van der Waals surface area contributed by atoms with Crippen molar-refractivity contribution in [3.8, 4) is 0 Å². The van der Waals surface area contributed by atoms with Crippen LogP contribution in [0, 0.1) is 0 Å². The van der Waals surface area contributed by atoms with E-state index in [1.54, 1.807) is 20.8 Å². The number of nitrogens with one attached hydrogen (secondary N) is 1. The van der Waals surface area contributed by atoms with Gasteiger partial charge < -0.3 is 5.32 Å². The molecule has 0 spiro atoms. The Labute approximate surface area is 152 Å². The molecular formula is C14H12Cl4N2O3. The Morgan fingerprint density at radius 1 is 0.913 bits per heavy atom. The summed E-state index contributed by atoms with van der Waals surface area (Å²) in [6, 6.07) is 0. The van der Waals surface area contributed by atoms with Gasteiger partial charge in [-0.2, -0.15) is 0 Å². The Hall–Kier alpha value is -1.01. The molecule has 0 saturated heterocycles. The van der Waals surface area contributed by atoms with Gasteiger partial charge in [-0.1, -0.05) is 46.4 Å². The molecule has 1 heterocycles. The highest BCUT2D eigenvalue weighted by atomic mass is 35.5. The third kappa shape index (κ3) is 3.29. The molecule has 0 bridgehead atoms. The van der Waals surface area contributed by atoms with Crippen LogP contribution in [-0.2, 0) is 4.79 Å². The number of benzene rings is 1. The molecule has 23 heavy (non-hydrogen) atoms. The maximum absolute atomic E-state index is 12.4. The normalized spacial score (nSPS) is 14.3. The van der Waals surface area contributed by atoms with Gasteiger partial charge in [0.2, 0.25) is 5.91 Å². The van der Waals surface area contributed by atoms with E-state index in [0.29, 0.717) is 0 Å². The predicted molar refractivity (Wildman–Crippen MR) is 89.7 cm³/mol. The molecule has 5 nitrogen and oxygen atoms in total. The highest BCUT2D eigenvalue weighted by molar-refractivity contribution is 6.55. The lowest BCUT2D eigenvalue weighted by molar-refractivity contribution is -0.122. The van der Waals surface area contributed by atoms with Crippen LogP contribution in [-0.4, -0.2) is 34.7 Å². The van der Waals surface area contributed by atoms with Gasteiger partial charge in [0.15, 0.2) is 0 Å². The molecule has 9 heteroatoms. The Morgan fingerprint density at radius 3 is 1.65 bits per heavy atom. The van der Waals surface area contributed by atoms with Gasteiger partial charge in [0.1, 0.15) is 6.54 Å². The van der Waals surface area contributed by atoms with Crippen LogP contribution in [0.4, 0.5) is 0 Å². The van der Waals surface area contributed by atoms with Crippen LogP contribution < -0.4 is 5.32 Å². The molecule has 2 rings (SSSR count). The number of carbonyl (C=O) groups is 3. The highest BCUT2D eigenvalue weighted by Gasteiger charge is 2.42. The van der Waals surface area contributed by atoms with E-state index in [9.17, 15) is 14.4 Å². The summed E-state index contributed by atoms with van der Waals surface area (Å²) in [5, 5.41) is 2.12. The van der Waals surface area contributed by atoms with Crippen LogP contribution in [0.25, 0.3) is 0 Å². The van der Waals surface area contributed by atoms with Gasteiger partial charge in [-0.3, -0.25) is 19.3 Å². The van der Waals surface area contributed by atoms with E-state index in [1.807, 2.05) is 0 Å². The molecule has 0 aromatic heterocycles. The lowest BCUT2D eigenvalue weighted by Gasteiger charge is -2.22. The van der Waals surface area contributed by atoms with Crippen molar-refractivity contribution in [1.82, 2.24) is 10.2 Å². The van der Waals surface area contributed by atoms with Crippen LogP contribution in [0.3, 0.4) is 0 Å². The molecule has 0 radical (unpaired) electrons. The number of amides is 3. The molecule has 1 aliphatic heterocycles. The standard InChI is InChI=1S/C14H12Cl4N2O3/c1-14(2,3)19-5(21)4-20-12(22)6-7(13(20)23)9(16)11(18)10(17)8(6)15/h4H2,1-3H3,(H,19,21). The highest BCUT2D eigenvalue weighted by Crippen LogP contribution is 2.44. The van der Waals surface area contributed by atoms with Crippen molar-refractivity contribution in [2.75, 3.05) is 6.54 Å². The van der Waals surface area contributed by atoms with E-state index >= 15 is 0 Å². The number of imide groups is 1. The van der Waals surface area contributed by atoms with Crippen LogP contribution in [0.5, 0.6) is 0 Å². The summed E-state index contributed by atoms with van der Waals surface area (Å²) in [5.41, 5.74) is -0.781. The van der Waals surface area contributed by atoms with E-state index in [2.05, 4.69) is 5.32 Å². The molecule has 0 atom stereocenters. The summed E-state index contributed by atoms with van der Waals surface area (Å²) < 4.78 is 0. The quantitative estimate of drug-likeness (QED) is 0.468. The first-order valence-electron chi connectivity index (χ1n) is 6.49. The van der Waals surface area contributed by atoms with E-state index in [0.717, 1.165) is 4.90 Å². The Balaban J connectivity index is 2.41. The van der Waals surface area contributed by atoms with Gasteiger partial charge in [0.05, 0.1) is 31.2 Å². The van der Waals surface area contributed by atoms with Crippen LogP contribution in [0.2, 0.25) is 20.1 Å². The second-order valence-corrected chi connectivity index (χ2v) is 7.51. The predicted octanol–water partition coefficient (Wildman–Crippen LogP) is 3.81. The molecule has 0 unspecified atom stereocenters. The number of hydrogen-bond acceptors (Lipinski definition) is 3. The van der Waals surface area contributed by atoms with E-state index in [4.69, 9.17) is 46.4 Å². The Morgan fingerprint density at radius 2 is 1.30 bits per heavy atom. The van der Waals surface area contributed by atoms with Crippen LogP contribution in [0.1, 0.15) is 41.5 Å². The van der Waals surface area contributed by atoms with E-state index in [1.165, 1.54) is 0 Å². The third-order valence-electron chi connectivity index (χ3n) is 3.00. The molecule has 1 N–H and O–H groups in total.